The van der Waals surface area contributed by atoms with E-state index in [0.29, 0.717) is 17.1 Å². The number of pyridine rings is 1. The van der Waals surface area contributed by atoms with Crippen LogP contribution in [0.5, 0.6) is 0 Å². The molecule has 0 spiro atoms. The quantitative estimate of drug-likeness (QED) is 0.761. The number of anilines is 1. The van der Waals surface area contributed by atoms with Gasteiger partial charge >= 0.3 is 0 Å². The molecule has 0 aliphatic heterocycles. The summed E-state index contributed by atoms with van der Waals surface area (Å²) in [7, 11) is 0. The van der Waals surface area contributed by atoms with Crippen LogP contribution in [0.3, 0.4) is 0 Å². The predicted molar refractivity (Wildman–Crippen MR) is 84.9 cm³/mol. The fraction of sp³-hybridized carbons (Fsp3) is 0.250. The van der Waals surface area contributed by atoms with E-state index in [0.717, 1.165) is 12.8 Å². The third-order valence-corrected chi connectivity index (χ3v) is 3.75. The summed E-state index contributed by atoms with van der Waals surface area (Å²) < 4.78 is 6.54. The second-order valence-corrected chi connectivity index (χ2v) is 5.76. The minimum Gasteiger partial charge on any atom is -0.360 e. The second kappa shape index (κ2) is 5.48. The van der Waals surface area contributed by atoms with Crippen molar-refractivity contribution in [2.75, 3.05) is 5.32 Å². The molecule has 3 heterocycles. The Kier molecular flexibility index (Phi) is 3.30. The van der Waals surface area contributed by atoms with Crippen molar-refractivity contribution >= 4 is 23.1 Å². The molecule has 2 N–H and O–H groups in total. The summed E-state index contributed by atoms with van der Waals surface area (Å²) >= 11 is 0. The topological polar surface area (TPSA) is 102 Å². The van der Waals surface area contributed by atoms with E-state index < -0.39 is 5.91 Å². The highest BCUT2D eigenvalue weighted by Crippen LogP contribution is 2.20. The number of aryl methyl sites for hydroxylation is 1. The number of carbonyl (C=O) groups excluding carboxylic acids is 2. The third-order valence-electron chi connectivity index (χ3n) is 3.75. The maximum atomic E-state index is 12.5. The third kappa shape index (κ3) is 2.62. The van der Waals surface area contributed by atoms with Crippen LogP contribution in [0, 0.1) is 6.92 Å². The number of imidazole rings is 1. The Morgan fingerprint density at radius 2 is 2.12 bits per heavy atom. The molecule has 2 amide bonds. The summed E-state index contributed by atoms with van der Waals surface area (Å²) in [5, 5.41) is 9.24. The molecule has 1 aliphatic rings. The molecule has 0 radical (unpaired) electrons. The van der Waals surface area contributed by atoms with Gasteiger partial charge in [0, 0.05) is 18.3 Å². The Labute approximate surface area is 136 Å². The molecule has 0 saturated heterocycles. The smallest absolute Gasteiger partial charge is 0.287 e. The van der Waals surface area contributed by atoms with Gasteiger partial charge in [0.15, 0.2) is 11.5 Å². The Hall–Kier alpha value is -3.16. The normalized spacial score (nSPS) is 13.9. The summed E-state index contributed by atoms with van der Waals surface area (Å²) in [5.41, 5.74) is 0.716. The van der Waals surface area contributed by atoms with Crippen LogP contribution < -0.4 is 10.6 Å². The van der Waals surface area contributed by atoms with E-state index in [9.17, 15) is 9.59 Å². The number of hydrogen-bond donors (Lipinski definition) is 2. The van der Waals surface area contributed by atoms with Crippen LogP contribution in [-0.2, 0) is 0 Å². The molecule has 24 heavy (non-hydrogen) atoms. The molecule has 0 unspecified atom stereocenters. The molecule has 1 aliphatic carbocycles. The Morgan fingerprint density at radius 1 is 1.29 bits per heavy atom. The van der Waals surface area contributed by atoms with E-state index in [-0.39, 0.29) is 23.5 Å². The van der Waals surface area contributed by atoms with Gasteiger partial charge in [-0.05, 0) is 31.9 Å². The first kappa shape index (κ1) is 14.4. The van der Waals surface area contributed by atoms with Gasteiger partial charge in [-0.15, -0.1) is 0 Å². The number of aromatic nitrogens is 3. The minimum absolute atomic E-state index is 0.164. The first-order valence-corrected chi connectivity index (χ1v) is 7.64. The lowest BCUT2D eigenvalue weighted by Crippen LogP contribution is -2.27. The Morgan fingerprint density at radius 3 is 2.83 bits per heavy atom. The molecule has 1 saturated carbocycles. The molecule has 122 valence electrons. The van der Waals surface area contributed by atoms with Gasteiger partial charge < -0.3 is 15.2 Å². The van der Waals surface area contributed by atoms with Crippen LogP contribution in [0.25, 0.3) is 5.52 Å². The number of fused-ring (bicyclic) bond motifs is 1. The summed E-state index contributed by atoms with van der Waals surface area (Å²) in [4.78, 5) is 29.1. The summed E-state index contributed by atoms with van der Waals surface area (Å²) in [5.74, 6) is 0.356. The van der Waals surface area contributed by atoms with E-state index in [1.165, 1.54) is 0 Å². The lowest BCUT2D eigenvalue weighted by atomic mass is 10.3. The van der Waals surface area contributed by atoms with E-state index >= 15 is 0 Å². The van der Waals surface area contributed by atoms with Gasteiger partial charge in [0.2, 0.25) is 5.82 Å². The van der Waals surface area contributed by atoms with Crippen LogP contribution in [0.2, 0.25) is 0 Å². The van der Waals surface area contributed by atoms with Crippen molar-refractivity contribution in [2.24, 2.45) is 0 Å². The largest absolute Gasteiger partial charge is 0.360 e. The molecule has 8 nitrogen and oxygen atoms in total. The zero-order valence-electron chi connectivity index (χ0n) is 12.9. The van der Waals surface area contributed by atoms with Crippen molar-refractivity contribution in [1.29, 1.82) is 0 Å². The highest BCUT2D eigenvalue weighted by atomic mass is 16.5. The van der Waals surface area contributed by atoms with Gasteiger partial charge in [0.25, 0.3) is 11.8 Å². The van der Waals surface area contributed by atoms with Gasteiger partial charge in [0.05, 0.1) is 5.52 Å². The Balaban J connectivity index is 1.69. The lowest BCUT2D eigenvalue weighted by Gasteiger charge is -2.01. The first-order chi connectivity index (χ1) is 11.6. The van der Waals surface area contributed by atoms with Crippen molar-refractivity contribution in [3.8, 4) is 0 Å². The average Bonchev–Trinajstić information content (AvgIpc) is 3.15. The van der Waals surface area contributed by atoms with Gasteiger partial charge in [-0.2, -0.15) is 0 Å². The molecular formula is C16H15N5O3. The molecular weight excluding hydrogens is 310 g/mol. The highest BCUT2D eigenvalue weighted by Gasteiger charge is 2.27. The zero-order valence-corrected chi connectivity index (χ0v) is 12.9. The van der Waals surface area contributed by atoms with Crippen molar-refractivity contribution in [1.82, 2.24) is 19.9 Å². The first-order valence-electron chi connectivity index (χ1n) is 7.64. The van der Waals surface area contributed by atoms with Gasteiger partial charge in [-0.1, -0.05) is 11.2 Å². The number of nitrogens with one attached hydrogen (secondary N) is 2. The number of rotatable bonds is 4. The standard InChI is InChI=1S/C16H15N5O3/c1-9-8-12(20-24-9)18-15(22)13-11-4-2-3-7-21(11)14(19-13)16(23)17-10-5-6-10/h2-4,7-8,10H,5-6H2,1H3,(H,17,23)(H,18,20,22). The number of hydrogen-bond acceptors (Lipinski definition) is 5. The summed E-state index contributed by atoms with van der Waals surface area (Å²) in [6.07, 6.45) is 3.67. The molecule has 8 heteroatoms. The van der Waals surface area contributed by atoms with Crippen molar-refractivity contribution in [2.45, 2.75) is 25.8 Å². The number of nitrogens with zero attached hydrogens (tertiary/aromatic N) is 3. The Bertz CT molecular complexity index is 938. The predicted octanol–water partition coefficient (Wildman–Crippen LogP) is 1.78. The number of carbonyl (C=O) groups is 2. The van der Waals surface area contributed by atoms with Crippen LogP contribution in [-0.4, -0.2) is 32.4 Å². The van der Waals surface area contributed by atoms with Crippen molar-refractivity contribution in [3.05, 3.63) is 47.7 Å². The number of amides is 2. The monoisotopic (exact) mass is 325 g/mol. The summed E-state index contributed by atoms with van der Waals surface area (Å²) in [6.45, 7) is 1.73. The zero-order chi connectivity index (χ0) is 16.7. The lowest BCUT2D eigenvalue weighted by molar-refractivity contribution is 0.0940. The van der Waals surface area contributed by atoms with E-state index in [1.54, 1.807) is 41.8 Å². The van der Waals surface area contributed by atoms with Crippen LogP contribution in [0.15, 0.2) is 35.0 Å². The van der Waals surface area contributed by atoms with E-state index in [1.807, 2.05) is 0 Å². The minimum atomic E-state index is -0.447. The molecule has 4 rings (SSSR count). The maximum absolute atomic E-state index is 12.5. The fourth-order valence-electron chi connectivity index (χ4n) is 2.44. The SMILES string of the molecule is Cc1cc(NC(=O)c2nc(C(=O)NC3CC3)n3ccccc23)no1. The average molecular weight is 325 g/mol. The highest BCUT2D eigenvalue weighted by molar-refractivity contribution is 6.08. The van der Waals surface area contributed by atoms with E-state index in [2.05, 4.69) is 20.8 Å². The molecule has 0 atom stereocenters. The molecule has 3 aromatic heterocycles. The van der Waals surface area contributed by atoms with Crippen molar-refractivity contribution < 1.29 is 14.1 Å². The molecule has 3 aromatic rings. The van der Waals surface area contributed by atoms with Crippen molar-refractivity contribution in [3.63, 3.8) is 0 Å². The molecule has 1 fully saturated rings. The fourth-order valence-corrected chi connectivity index (χ4v) is 2.44. The van der Waals surface area contributed by atoms with Crippen LogP contribution >= 0.6 is 0 Å². The summed E-state index contributed by atoms with van der Waals surface area (Å²) in [6, 6.07) is 7.13. The second-order valence-electron chi connectivity index (χ2n) is 5.76. The molecule has 0 bridgehead atoms. The van der Waals surface area contributed by atoms with Gasteiger partial charge in [0.1, 0.15) is 5.76 Å². The van der Waals surface area contributed by atoms with Crippen LogP contribution in [0.1, 0.15) is 39.7 Å². The van der Waals surface area contributed by atoms with E-state index in [4.69, 9.17) is 4.52 Å². The van der Waals surface area contributed by atoms with Gasteiger partial charge in [-0.25, -0.2) is 4.98 Å². The maximum Gasteiger partial charge on any atom is 0.287 e. The van der Waals surface area contributed by atoms with Gasteiger partial charge in [-0.3, -0.25) is 14.0 Å². The van der Waals surface area contributed by atoms with Crippen LogP contribution in [0.4, 0.5) is 5.82 Å². The molecule has 0 aromatic carbocycles.